The second-order valence-corrected chi connectivity index (χ2v) is 9.48. The van der Waals surface area contributed by atoms with Crippen LogP contribution in [0.1, 0.15) is 51.6 Å². The van der Waals surface area contributed by atoms with Gasteiger partial charge in [0.2, 0.25) is 5.91 Å². The Balaban J connectivity index is 1.73. The molecule has 2 aliphatic heterocycles. The zero-order valence-corrected chi connectivity index (χ0v) is 21.8. The molecule has 1 amide bonds. The summed E-state index contributed by atoms with van der Waals surface area (Å²) in [5.41, 5.74) is 2.78. The molecule has 4 rings (SSSR count). The molecule has 2 atom stereocenters. The number of benzene rings is 2. The minimum absolute atomic E-state index is 0.0674. The van der Waals surface area contributed by atoms with E-state index < -0.39 is 12.0 Å². The van der Waals surface area contributed by atoms with Crippen molar-refractivity contribution in [2.75, 3.05) is 7.11 Å². The monoisotopic (exact) mass is 505 g/mol. The van der Waals surface area contributed by atoms with E-state index in [9.17, 15) is 9.59 Å². The predicted octanol–water partition coefficient (Wildman–Crippen LogP) is 5.92. The van der Waals surface area contributed by atoms with Crippen molar-refractivity contribution in [3.05, 3.63) is 82.5 Å². The van der Waals surface area contributed by atoms with E-state index in [-0.39, 0.29) is 18.4 Å². The van der Waals surface area contributed by atoms with Gasteiger partial charge in [-0.2, -0.15) is 0 Å². The maximum Gasteiger partial charge on any atom is 0.338 e. The van der Waals surface area contributed by atoms with Crippen LogP contribution >= 0.6 is 11.8 Å². The number of carbonyl (C=O) groups excluding carboxylic acids is 2. The number of ether oxygens (including phenoxy) is 2. The summed E-state index contributed by atoms with van der Waals surface area (Å²) in [6.07, 6.45) is 1.60. The second-order valence-electron chi connectivity index (χ2n) is 8.64. The number of hydrogen-bond donors (Lipinski definition) is 1. The number of nitrogens with zero attached hydrogens (tertiary/aromatic N) is 2. The number of amides is 1. The Morgan fingerprint density at radius 1 is 1.11 bits per heavy atom. The van der Waals surface area contributed by atoms with Crippen molar-refractivity contribution >= 4 is 28.8 Å². The van der Waals surface area contributed by atoms with Crippen molar-refractivity contribution < 1.29 is 19.1 Å². The molecule has 0 spiro atoms. The van der Waals surface area contributed by atoms with E-state index in [1.165, 1.54) is 18.9 Å². The summed E-state index contributed by atoms with van der Waals surface area (Å²) in [6.45, 7) is 5.99. The Morgan fingerprint density at radius 3 is 2.56 bits per heavy atom. The first kappa shape index (κ1) is 25.6. The molecule has 0 radical (unpaired) electrons. The van der Waals surface area contributed by atoms with Gasteiger partial charge >= 0.3 is 5.97 Å². The molecule has 0 aliphatic carbocycles. The van der Waals surface area contributed by atoms with E-state index in [1.54, 1.807) is 0 Å². The zero-order chi connectivity index (χ0) is 25.7. The van der Waals surface area contributed by atoms with Crippen molar-refractivity contribution in [1.82, 2.24) is 10.2 Å². The highest BCUT2D eigenvalue weighted by Gasteiger charge is 2.41. The molecule has 2 heterocycles. The van der Waals surface area contributed by atoms with E-state index >= 15 is 0 Å². The van der Waals surface area contributed by atoms with E-state index in [0.717, 1.165) is 28.6 Å². The van der Waals surface area contributed by atoms with Gasteiger partial charge < -0.3 is 19.7 Å². The van der Waals surface area contributed by atoms with Gasteiger partial charge in [-0.25, -0.2) is 9.79 Å². The van der Waals surface area contributed by atoms with Gasteiger partial charge in [0, 0.05) is 11.7 Å². The lowest BCUT2D eigenvalue weighted by atomic mass is 9.92. The van der Waals surface area contributed by atoms with Crippen LogP contribution in [0.3, 0.4) is 0 Å². The first-order valence-corrected chi connectivity index (χ1v) is 13.0. The Bertz CT molecular complexity index is 1220. The highest BCUT2D eigenvalue weighted by Crippen LogP contribution is 2.46. The Labute approximate surface area is 216 Å². The Hall–Kier alpha value is -3.52. The first-order valence-electron chi connectivity index (χ1n) is 12.1. The number of rotatable bonds is 9. The second kappa shape index (κ2) is 11.5. The summed E-state index contributed by atoms with van der Waals surface area (Å²) in [7, 11) is 1.38. The number of thioether (sulfide) groups is 1. The predicted molar refractivity (Wildman–Crippen MR) is 142 cm³/mol. The molecule has 0 unspecified atom stereocenters. The number of carbonyl (C=O) groups is 2. The van der Waals surface area contributed by atoms with E-state index in [1.807, 2.05) is 85.7 Å². The summed E-state index contributed by atoms with van der Waals surface area (Å²) >= 11 is 1.46. The number of amidine groups is 1. The Morgan fingerprint density at radius 2 is 1.86 bits per heavy atom. The largest absolute Gasteiger partial charge is 0.466 e. The highest BCUT2D eigenvalue weighted by molar-refractivity contribution is 8.16. The first-order chi connectivity index (χ1) is 17.4. The molecule has 0 saturated carbocycles. The molecule has 1 N–H and O–H groups in total. The average Bonchev–Trinajstić information content (AvgIpc) is 3.29. The van der Waals surface area contributed by atoms with Crippen LogP contribution in [0.4, 0.5) is 0 Å². The van der Waals surface area contributed by atoms with Gasteiger partial charge in [-0.1, -0.05) is 55.9 Å². The molecule has 0 aromatic heterocycles. The Kier molecular flexibility index (Phi) is 8.15. The minimum Gasteiger partial charge on any atom is -0.466 e. The summed E-state index contributed by atoms with van der Waals surface area (Å²) in [5, 5.41) is 5.71. The third-order valence-electron chi connectivity index (χ3n) is 6.14. The molecule has 0 bridgehead atoms. The lowest BCUT2D eigenvalue weighted by Crippen LogP contribution is -2.39. The summed E-state index contributed by atoms with van der Waals surface area (Å²) < 4.78 is 11.3. The van der Waals surface area contributed by atoms with Crippen LogP contribution in [0.5, 0.6) is 11.5 Å². The maximum atomic E-state index is 13.1. The SMILES string of the molecule is CCC1=C(C(=O)OC)[C@H](c2cccc(Oc3ccccc3)c2)N2C(CC(=O)N[C@H](C)CC)=CSC2=N1. The molecule has 8 heteroatoms. The lowest BCUT2D eigenvalue weighted by molar-refractivity contribution is -0.136. The fourth-order valence-electron chi connectivity index (χ4n) is 4.19. The normalized spacial score (nSPS) is 17.7. The van der Waals surface area contributed by atoms with Gasteiger partial charge in [0.15, 0.2) is 5.17 Å². The lowest BCUT2D eigenvalue weighted by Gasteiger charge is -2.36. The van der Waals surface area contributed by atoms with Crippen molar-refractivity contribution in [2.24, 2.45) is 4.99 Å². The third-order valence-corrected chi connectivity index (χ3v) is 7.03. The molecular formula is C28H31N3O4S. The number of esters is 1. The van der Waals surface area contributed by atoms with Crippen LogP contribution < -0.4 is 10.1 Å². The van der Waals surface area contributed by atoms with Crippen LogP contribution in [0, 0.1) is 0 Å². The number of methoxy groups -OCH3 is 1. The minimum atomic E-state index is -0.503. The van der Waals surface area contributed by atoms with Crippen molar-refractivity contribution in [3.8, 4) is 11.5 Å². The highest BCUT2D eigenvalue weighted by atomic mass is 32.2. The molecule has 2 aromatic carbocycles. The fourth-order valence-corrected chi connectivity index (χ4v) is 5.13. The number of fused-ring (bicyclic) bond motifs is 1. The smallest absolute Gasteiger partial charge is 0.338 e. The van der Waals surface area contributed by atoms with Crippen molar-refractivity contribution in [3.63, 3.8) is 0 Å². The zero-order valence-electron chi connectivity index (χ0n) is 21.0. The summed E-state index contributed by atoms with van der Waals surface area (Å²) in [5.74, 6) is 0.867. The summed E-state index contributed by atoms with van der Waals surface area (Å²) in [6, 6.07) is 16.8. The molecule has 0 fully saturated rings. The molecule has 2 aliphatic rings. The van der Waals surface area contributed by atoms with E-state index in [2.05, 4.69) is 5.32 Å². The average molecular weight is 506 g/mol. The molecule has 7 nitrogen and oxygen atoms in total. The third kappa shape index (κ3) is 5.49. The standard InChI is InChI=1S/C28H31N3O4S/c1-5-18(3)29-24(32)16-20-17-36-28-30-23(6-2)25(27(33)34-4)26(31(20)28)19-11-10-14-22(15-19)35-21-12-8-7-9-13-21/h7-15,17-18,26H,5-6,16H2,1-4H3,(H,29,32)/t18-,26+/m1/s1. The topological polar surface area (TPSA) is 80.2 Å². The molecule has 36 heavy (non-hydrogen) atoms. The van der Waals surface area contributed by atoms with Crippen molar-refractivity contribution in [1.29, 1.82) is 0 Å². The number of hydrogen-bond acceptors (Lipinski definition) is 7. The van der Waals surface area contributed by atoms with Crippen molar-refractivity contribution in [2.45, 2.75) is 52.1 Å². The maximum absolute atomic E-state index is 13.1. The quantitative estimate of drug-likeness (QED) is 0.426. The number of para-hydroxylation sites is 1. The fraction of sp³-hybridized carbons (Fsp3) is 0.321. The number of nitrogens with one attached hydrogen (secondary N) is 1. The van der Waals surface area contributed by atoms with Gasteiger partial charge in [0.05, 0.1) is 30.8 Å². The van der Waals surface area contributed by atoms with E-state index in [4.69, 9.17) is 14.5 Å². The number of aliphatic imine (C=N–C) groups is 1. The van der Waals surface area contributed by atoms with Crippen LogP contribution in [-0.2, 0) is 14.3 Å². The van der Waals surface area contributed by atoms with Crippen LogP contribution in [-0.4, -0.2) is 35.1 Å². The van der Waals surface area contributed by atoms with Crippen LogP contribution in [0.25, 0.3) is 0 Å². The van der Waals surface area contributed by atoms with Gasteiger partial charge in [-0.15, -0.1) is 0 Å². The van der Waals surface area contributed by atoms with Gasteiger partial charge in [-0.05, 0) is 55.0 Å². The van der Waals surface area contributed by atoms with Crippen LogP contribution in [0.2, 0.25) is 0 Å². The summed E-state index contributed by atoms with van der Waals surface area (Å²) in [4.78, 5) is 32.6. The molecule has 2 aromatic rings. The molecule has 188 valence electrons. The van der Waals surface area contributed by atoms with Gasteiger partial charge in [0.1, 0.15) is 11.5 Å². The molecular weight excluding hydrogens is 474 g/mol. The molecule has 0 saturated heterocycles. The number of allylic oxidation sites excluding steroid dienone is 1. The van der Waals surface area contributed by atoms with E-state index in [0.29, 0.717) is 23.4 Å². The van der Waals surface area contributed by atoms with Gasteiger partial charge in [-0.3, -0.25) is 4.79 Å². The van der Waals surface area contributed by atoms with Gasteiger partial charge in [0.25, 0.3) is 0 Å². The van der Waals surface area contributed by atoms with Crippen LogP contribution in [0.15, 0.2) is 82.0 Å².